The summed E-state index contributed by atoms with van der Waals surface area (Å²) in [5, 5.41) is 11.3. The molecule has 0 aliphatic carbocycles. The van der Waals surface area contributed by atoms with E-state index in [2.05, 4.69) is 23.5 Å². The third-order valence-corrected chi connectivity index (χ3v) is 3.82. The molecule has 4 heteroatoms. The molecule has 2 aromatic rings. The van der Waals surface area contributed by atoms with Gasteiger partial charge in [0, 0.05) is 29.0 Å². The summed E-state index contributed by atoms with van der Waals surface area (Å²) in [6.07, 6.45) is 3.92. The Kier molecular flexibility index (Phi) is 5.53. The van der Waals surface area contributed by atoms with Crippen LogP contribution in [0.4, 0.5) is 0 Å². The van der Waals surface area contributed by atoms with Crippen LogP contribution in [0.3, 0.4) is 0 Å². The van der Waals surface area contributed by atoms with Gasteiger partial charge in [-0.1, -0.05) is 30.3 Å². The van der Waals surface area contributed by atoms with Gasteiger partial charge in [-0.2, -0.15) is 0 Å². The lowest BCUT2D eigenvalue weighted by molar-refractivity contribution is -0.116. The average Bonchev–Trinajstić information content (AvgIpc) is 2.95. The van der Waals surface area contributed by atoms with Crippen molar-refractivity contribution in [3.63, 3.8) is 0 Å². The first-order valence-corrected chi connectivity index (χ1v) is 7.33. The van der Waals surface area contributed by atoms with E-state index in [9.17, 15) is 4.79 Å². The van der Waals surface area contributed by atoms with Crippen molar-refractivity contribution in [2.45, 2.75) is 6.42 Å². The number of benzene rings is 1. The highest BCUT2D eigenvalue weighted by Crippen LogP contribution is 2.28. The summed E-state index contributed by atoms with van der Waals surface area (Å²) in [7, 11) is 0. The molecule has 0 spiro atoms. The van der Waals surface area contributed by atoms with Crippen LogP contribution in [0.2, 0.25) is 0 Å². The molecule has 0 aliphatic rings. The van der Waals surface area contributed by atoms with Gasteiger partial charge in [-0.25, -0.2) is 0 Å². The minimum Gasteiger partial charge on any atom is -0.396 e. The fraction of sp³-hybridized carbons (Fsp3) is 0.188. The lowest BCUT2D eigenvalue weighted by Crippen LogP contribution is -2.22. The number of aliphatic hydroxyl groups is 1. The number of rotatable bonds is 6. The quantitative estimate of drug-likeness (QED) is 0.634. The maximum absolute atomic E-state index is 11.5. The van der Waals surface area contributed by atoms with Crippen LogP contribution in [-0.4, -0.2) is 24.2 Å². The van der Waals surface area contributed by atoms with E-state index in [-0.39, 0.29) is 12.5 Å². The van der Waals surface area contributed by atoms with Crippen LogP contribution in [0.1, 0.15) is 11.3 Å². The molecule has 2 rings (SSSR count). The van der Waals surface area contributed by atoms with Crippen LogP contribution in [0.25, 0.3) is 16.5 Å². The van der Waals surface area contributed by atoms with Crippen molar-refractivity contribution < 1.29 is 9.90 Å². The van der Waals surface area contributed by atoms with Crippen LogP contribution in [0, 0.1) is 0 Å². The van der Waals surface area contributed by atoms with E-state index in [1.807, 2.05) is 30.3 Å². The highest BCUT2D eigenvalue weighted by atomic mass is 32.1. The number of thiophene rings is 1. The summed E-state index contributed by atoms with van der Waals surface area (Å²) < 4.78 is 0. The Hall–Kier alpha value is -1.91. The third-order valence-electron chi connectivity index (χ3n) is 2.72. The van der Waals surface area contributed by atoms with E-state index in [0.29, 0.717) is 13.0 Å². The van der Waals surface area contributed by atoms with E-state index in [1.54, 1.807) is 11.3 Å². The smallest absolute Gasteiger partial charge is 0.244 e. The zero-order chi connectivity index (χ0) is 14.2. The first-order chi connectivity index (χ1) is 9.79. The van der Waals surface area contributed by atoms with Gasteiger partial charge < -0.3 is 10.4 Å². The molecule has 0 unspecified atom stereocenters. The number of carbonyl (C=O) groups excluding carboxylic acids is 1. The maximum atomic E-state index is 11.5. The van der Waals surface area contributed by atoms with Crippen LogP contribution < -0.4 is 5.32 Å². The van der Waals surface area contributed by atoms with Crippen molar-refractivity contribution >= 4 is 23.3 Å². The normalized spacial score (nSPS) is 10.8. The molecule has 20 heavy (non-hydrogen) atoms. The molecule has 2 N–H and O–H groups in total. The zero-order valence-corrected chi connectivity index (χ0v) is 11.9. The van der Waals surface area contributed by atoms with Crippen molar-refractivity contribution in [2.75, 3.05) is 13.2 Å². The molecule has 104 valence electrons. The molecular formula is C16H17NO2S. The van der Waals surface area contributed by atoms with E-state index >= 15 is 0 Å². The predicted octanol–water partition coefficient (Wildman–Crippen LogP) is 2.93. The Balaban J connectivity index is 1.94. The van der Waals surface area contributed by atoms with Crippen molar-refractivity contribution in [3.05, 3.63) is 53.4 Å². The van der Waals surface area contributed by atoms with E-state index < -0.39 is 0 Å². The molecule has 3 nitrogen and oxygen atoms in total. The van der Waals surface area contributed by atoms with Gasteiger partial charge in [0.05, 0.1) is 0 Å². The Morgan fingerprint density at radius 1 is 1.20 bits per heavy atom. The lowest BCUT2D eigenvalue weighted by Gasteiger charge is -1.98. The van der Waals surface area contributed by atoms with Crippen molar-refractivity contribution in [1.29, 1.82) is 0 Å². The highest BCUT2D eigenvalue weighted by molar-refractivity contribution is 7.16. The fourth-order valence-electron chi connectivity index (χ4n) is 1.71. The number of hydrogen-bond donors (Lipinski definition) is 2. The van der Waals surface area contributed by atoms with Crippen LogP contribution in [0.5, 0.6) is 0 Å². The molecule has 1 heterocycles. The Morgan fingerprint density at radius 2 is 2.00 bits per heavy atom. The summed E-state index contributed by atoms with van der Waals surface area (Å²) in [6.45, 7) is 0.592. The first-order valence-electron chi connectivity index (χ1n) is 6.51. The second kappa shape index (κ2) is 7.62. The zero-order valence-electron chi connectivity index (χ0n) is 11.1. The molecule has 0 fully saturated rings. The monoisotopic (exact) mass is 287 g/mol. The summed E-state index contributed by atoms with van der Waals surface area (Å²) in [5.41, 5.74) is 1.18. The predicted molar refractivity (Wildman–Crippen MR) is 83.5 cm³/mol. The standard InChI is InChI=1S/C16H17NO2S/c18-12-4-11-17-16(19)10-8-14-7-9-15(20-14)13-5-2-1-3-6-13/h1-3,5-10,18H,4,11-12H2,(H,17,19)/b10-8+. The van der Waals surface area contributed by atoms with E-state index in [1.165, 1.54) is 16.5 Å². The van der Waals surface area contributed by atoms with Gasteiger partial charge in [0.1, 0.15) is 0 Å². The summed E-state index contributed by atoms with van der Waals surface area (Å²) in [4.78, 5) is 13.7. The van der Waals surface area contributed by atoms with Crippen molar-refractivity contribution in [2.24, 2.45) is 0 Å². The molecule has 1 amide bonds. The van der Waals surface area contributed by atoms with Crippen LogP contribution >= 0.6 is 11.3 Å². The molecule has 0 radical (unpaired) electrons. The van der Waals surface area contributed by atoms with Gasteiger partial charge in [0.2, 0.25) is 5.91 Å². The summed E-state index contributed by atoms with van der Waals surface area (Å²) in [5.74, 6) is -0.131. The Bertz CT molecular complexity index is 575. The molecule has 0 aliphatic heterocycles. The number of aliphatic hydroxyl groups excluding tert-OH is 1. The number of hydrogen-bond acceptors (Lipinski definition) is 3. The van der Waals surface area contributed by atoms with Crippen molar-refractivity contribution in [3.8, 4) is 10.4 Å². The molecule has 0 atom stereocenters. The van der Waals surface area contributed by atoms with Crippen LogP contribution in [-0.2, 0) is 4.79 Å². The van der Waals surface area contributed by atoms with Gasteiger partial charge in [-0.15, -0.1) is 11.3 Å². The minimum absolute atomic E-state index is 0.0926. The first kappa shape index (κ1) is 14.5. The van der Waals surface area contributed by atoms with Gasteiger partial charge in [-0.05, 0) is 30.2 Å². The van der Waals surface area contributed by atoms with Gasteiger partial charge >= 0.3 is 0 Å². The van der Waals surface area contributed by atoms with Gasteiger partial charge in [0.25, 0.3) is 0 Å². The van der Waals surface area contributed by atoms with E-state index in [4.69, 9.17) is 5.11 Å². The molecule has 1 aromatic carbocycles. The van der Waals surface area contributed by atoms with Gasteiger partial charge in [-0.3, -0.25) is 4.79 Å². The summed E-state index contributed by atoms with van der Waals surface area (Å²) in [6, 6.07) is 14.2. The minimum atomic E-state index is -0.131. The molecule has 0 bridgehead atoms. The SMILES string of the molecule is O=C(/C=C/c1ccc(-c2ccccc2)s1)NCCCO. The summed E-state index contributed by atoms with van der Waals surface area (Å²) >= 11 is 1.65. The third kappa shape index (κ3) is 4.33. The number of nitrogens with one attached hydrogen (secondary N) is 1. The van der Waals surface area contributed by atoms with E-state index in [0.717, 1.165) is 4.88 Å². The van der Waals surface area contributed by atoms with Crippen molar-refractivity contribution in [1.82, 2.24) is 5.32 Å². The molecule has 0 saturated heterocycles. The number of amides is 1. The number of carbonyl (C=O) groups is 1. The lowest BCUT2D eigenvalue weighted by atomic mass is 10.2. The second-order valence-electron chi connectivity index (χ2n) is 4.27. The van der Waals surface area contributed by atoms with Gasteiger partial charge in [0.15, 0.2) is 0 Å². The second-order valence-corrected chi connectivity index (χ2v) is 5.38. The Morgan fingerprint density at radius 3 is 2.75 bits per heavy atom. The Labute approximate surface area is 122 Å². The largest absolute Gasteiger partial charge is 0.396 e. The van der Waals surface area contributed by atoms with Crippen LogP contribution in [0.15, 0.2) is 48.5 Å². The highest BCUT2D eigenvalue weighted by Gasteiger charge is 2.01. The maximum Gasteiger partial charge on any atom is 0.244 e. The fourth-order valence-corrected chi connectivity index (χ4v) is 2.62. The molecular weight excluding hydrogens is 270 g/mol. The average molecular weight is 287 g/mol. The molecule has 1 aromatic heterocycles. The molecule has 0 saturated carbocycles. The topological polar surface area (TPSA) is 49.3 Å².